The number of hydrogen-bond donors (Lipinski definition) is 0. The van der Waals surface area contributed by atoms with Gasteiger partial charge in [-0.2, -0.15) is 0 Å². The zero-order valence-electron chi connectivity index (χ0n) is 10.9. The topological polar surface area (TPSA) is 9.23 Å². The van der Waals surface area contributed by atoms with Crippen LogP contribution in [0.3, 0.4) is 0 Å². The highest BCUT2D eigenvalue weighted by Crippen LogP contribution is 2.26. The average molecular weight is 325 g/mol. The summed E-state index contributed by atoms with van der Waals surface area (Å²) in [6, 6.07) is 12.5. The summed E-state index contributed by atoms with van der Waals surface area (Å²) in [5, 5.41) is 0. The van der Waals surface area contributed by atoms with E-state index in [2.05, 4.69) is 54.9 Å². The highest BCUT2D eigenvalue weighted by atomic mass is 79.9. The Balaban J connectivity index is 1.98. The van der Waals surface area contributed by atoms with Crippen LogP contribution in [0.1, 0.15) is 31.2 Å². The normalized spacial score (nSPS) is 11.6. The molecule has 0 unspecified atom stereocenters. The highest BCUT2D eigenvalue weighted by molar-refractivity contribution is 9.11. The number of benzene rings is 1. The summed E-state index contributed by atoms with van der Waals surface area (Å²) in [7, 11) is 0. The molecule has 1 nitrogen and oxygen atoms in total. The molecule has 2 aromatic rings. The lowest BCUT2D eigenvalue weighted by Crippen LogP contribution is -2.10. The predicted molar refractivity (Wildman–Crippen MR) is 81.5 cm³/mol. The van der Waals surface area contributed by atoms with Crippen molar-refractivity contribution >= 4 is 27.3 Å². The summed E-state index contributed by atoms with van der Waals surface area (Å²) >= 11 is 5.16. The van der Waals surface area contributed by atoms with Gasteiger partial charge in [0.25, 0.3) is 0 Å². The summed E-state index contributed by atoms with van der Waals surface area (Å²) in [6.45, 7) is 7.27. The van der Waals surface area contributed by atoms with Crippen molar-refractivity contribution in [3.8, 4) is 5.75 Å². The molecule has 1 aromatic heterocycles. The number of rotatable bonds is 3. The number of halogens is 1. The van der Waals surface area contributed by atoms with Crippen LogP contribution >= 0.6 is 27.3 Å². The van der Waals surface area contributed by atoms with E-state index in [1.165, 1.54) is 10.4 Å². The van der Waals surface area contributed by atoms with Crippen LogP contribution in [0.25, 0.3) is 0 Å². The van der Waals surface area contributed by atoms with Crippen molar-refractivity contribution in [2.45, 2.75) is 32.8 Å². The summed E-state index contributed by atoms with van der Waals surface area (Å²) in [5.41, 5.74) is 1.52. The second-order valence-electron chi connectivity index (χ2n) is 5.27. The van der Waals surface area contributed by atoms with E-state index in [1.807, 2.05) is 18.2 Å². The van der Waals surface area contributed by atoms with E-state index in [0.29, 0.717) is 6.61 Å². The van der Waals surface area contributed by atoms with Crippen LogP contribution in [-0.4, -0.2) is 0 Å². The van der Waals surface area contributed by atoms with Gasteiger partial charge in [-0.15, -0.1) is 11.3 Å². The maximum atomic E-state index is 5.76. The fourth-order valence-electron chi connectivity index (χ4n) is 1.63. The summed E-state index contributed by atoms with van der Waals surface area (Å²) in [4.78, 5) is 1.22. The van der Waals surface area contributed by atoms with Gasteiger partial charge in [0.2, 0.25) is 0 Å². The van der Waals surface area contributed by atoms with Gasteiger partial charge >= 0.3 is 0 Å². The van der Waals surface area contributed by atoms with Crippen LogP contribution in [0.15, 0.2) is 40.2 Å². The molecule has 0 radical (unpaired) electrons. The van der Waals surface area contributed by atoms with E-state index < -0.39 is 0 Å². The molecule has 1 aromatic carbocycles. The number of thiophene rings is 1. The third-order valence-electron chi connectivity index (χ3n) is 2.73. The molecule has 3 heteroatoms. The first-order chi connectivity index (χ1) is 8.45. The third-order valence-corrected chi connectivity index (χ3v) is 4.33. The van der Waals surface area contributed by atoms with Gasteiger partial charge in [-0.25, -0.2) is 0 Å². The van der Waals surface area contributed by atoms with Crippen molar-refractivity contribution in [1.29, 1.82) is 0 Å². The Bertz CT molecular complexity index is 508. The van der Waals surface area contributed by atoms with Gasteiger partial charge in [0, 0.05) is 4.88 Å². The van der Waals surface area contributed by atoms with Crippen molar-refractivity contribution in [3.05, 3.63) is 50.6 Å². The predicted octanol–water partition coefficient (Wildman–Crippen LogP) is 5.39. The van der Waals surface area contributed by atoms with Crippen molar-refractivity contribution in [3.63, 3.8) is 0 Å². The molecule has 18 heavy (non-hydrogen) atoms. The molecule has 0 fully saturated rings. The van der Waals surface area contributed by atoms with Gasteiger partial charge in [0.05, 0.1) is 3.79 Å². The Morgan fingerprint density at radius 1 is 1.06 bits per heavy atom. The van der Waals surface area contributed by atoms with Gasteiger partial charge in [-0.05, 0) is 51.2 Å². The van der Waals surface area contributed by atoms with Gasteiger partial charge in [-0.3, -0.25) is 0 Å². The quantitative estimate of drug-likeness (QED) is 0.735. The van der Waals surface area contributed by atoms with Crippen LogP contribution in [0.2, 0.25) is 0 Å². The van der Waals surface area contributed by atoms with E-state index in [9.17, 15) is 0 Å². The first kappa shape index (κ1) is 13.6. The Morgan fingerprint density at radius 2 is 1.72 bits per heavy atom. The molecule has 0 aliphatic carbocycles. The molecule has 0 aliphatic rings. The molecule has 0 saturated carbocycles. The van der Waals surface area contributed by atoms with Crippen molar-refractivity contribution in [2.24, 2.45) is 0 Å². The molecule has 0 bridgehead atoms. The fraction of sp³-hybridized carbons (Fsp3) is 0.333. The van der Waals surface area contributed by atoms with Crippen LogP contribution in [0.5, 0.6) is 5.75 Å². The third kappa shape index (κ3) is 3.59. The summed E-state index contributed by atoms with van der Waals surface area (Å²) < 4.78 is 6.91. The largest absolute Gasteiger partial charge is 0.488 e. The molecule has 96 valence electrons. The van der Waals surface area contributed by atoms with E-state index in [1.54, 1.807) is 11.3 Å². The Kier molecular flexibility index (Phi) is 4.13. The maximum absolute atomic E-state index is 5.76. The molecular weight excluding hydrogens is 308 g/mol. The monoisotopic (exact) mass is 324 g/mol. The van der Waals surface area contributed by atoms with Crippen LogP contribution < -0.4 is 4.74 Å². The van der Waals surface area contributed by atoms with Gasteiger partial charge in [0.1, 0.15) is 12.4 Å². The lowest BCUT2D eigenvalue weighted by molar-refractivity contribution is 0.309. The first-order valence-corrected chi connectivity index (χ1v) is 7.54. The van der Waals surface area contributed by atoms with Crippen molar-refractivity contribution in [1.82, 2.24) is 0 Å². The number of ether oxygens (including phenoxy) is 1. The lowest BCUT2D eigenvalue weighted by atomic mass is 9.87. The van der Waals surface area contributed by atoms with Crippen molar-refractivity contribution < 1.29 is 4.74 Å². The maximum Gasteiger partial charge on any atom is 0.122 e. The van der Waals surface area contributed by atoms with E-state index in [-0.39, 0.29) is 5.41 Å². The molecule has 2 rings (SSSR count). The second kappa shape index (κ2) is 5.45. The highest BCUT2D eigenvalue weighted by Gasteiger charge is 2.12. The van der Waals surface area contributed by atoms with Crippen LogP contribution in [0.4, 0.5) is 0 Å². The van der Waals surface area contributed by atoms with E-state index in [0.717, 1.165) is 9.54 Å². The smallest absolute Gasteiger partial charge is 0.122 e. The lowest BCUT2D eigenvalue weighted by Gasteiger charge is -2.19. The molecule has 1 heterocycles. The van der Waals surface area contributed by atoms with Gasteiger partial charge < -0.3 is 4.74 Å². The fourth-order valence-corrected chi connectivity index (χ4v) is 3.03. The molecule has 0 amide bonds. The van der Waals surface area contributed by atoms with Gasteiger partial charge in [-0.1, -0.05) is 32.9 Å². The zero-order valence-corrected chi connectivity index (χ0v) is 13.3. The van der Waals surface area contributed by atoms with Gasteiger partial charge in [0.15, 0.2) is 0 Å². The summed E-state index contributed by atoms with van der Waals surface area (Å²) in [5.74, 6) is 0.924. The van der Waals surface area contributed by atoms with Crippen LogP contribution in [0, 0.1) is 0 Å². The zero-order chi connectivity index (χ0) is 13.2. The molecule has 0 saturated heterocycles. The second-order valence-corrected chi connectivity index (χ2v) is 7.82. The minimum Gasteiger partial charge on any atom is -0.488 e. The summed E-state index contributed by atoms with van der Waals surface area (Å²) in [6.07, 6.45) is 0. The average Bonchev–Trinajstić information content (AvgIpc) is 2.72. The van der Waals surface area contributed by atoms with Crippen molar-refractivity contribution in [2.75, 3.05) is 0 Å². The van der Waals surface area contributed by atoms with Crippen LogP contribution in [-0.2, 0) is 12.0 Å². The Labute approximate surface area is 121 Å². The van der Waals surface area contributed by atoms with E-state index in [4.69, 9.17) is 4.74 Å². The molecular formula is C15H17BrOS. The minimum atomic E-state index is 0.192. The number of hydrogen-bond acceptors (Lipinski definition) is 2. The molecule has 0 aliphatic heterocycles. The standard InChI is InChI=1S/C15H17BrOS/c1-15(2,3)11-4-6-12(7-5-11)17-10-13-8-9-14(16)18-13/h4-9H,10H2,1-3H3. The van der Waals surface area contributed by atoms with E-state index >= 15 is 0 Å². The molecule has 0 atom stereocenters. The molecule has 0 spiro atoms. The Morgan fingerprint density at radius 3 is 2.22 bits per heavy atom. The minimum absolute atomic E-state index is 0.192. The molecule has 0 N–H and O–H groups in total. The Hall–Kier alpha value is -0.800. The first-order valence-electron chi connectivity index (χ1n) is 5.93. The SMILES string of the molecule is CC(C)(C)c1ccc(OCc2ccc(Br)s2)cc1.